The molecule has 0 bridgehead atoms. The van der Waals surface area contributed by atoms with Crippen molar-refractivity contribution < 1.29 is 0 Å². The highest BCUT2D eigenvalue weighted by atomic mass is 15.3. The van der Waals surface area contributed by atoms with Crippen LogP contribution in [0, 0.1) is 0 Å². The van der Waals surface area contributed by atoms with Crippen LogP contribution in [0.1, 0.15) is 26.7 Å². The van der Waals surface area contributed by atoms with Crippen LogP contribution in [-0.2, 0) is 0 Å². The Morgan fingerprint density at radius 1 is 1.36 bits per heavy atom. The minimum Gasteiger partial charge on any atom is -0.313 e. The molecule has 11 heavy (non-hydrogen) atoms. The number of nitrogens with zero attached hydrogens (tertiary/aromatic N) is 1. The van der Waals surface area contributed by atoms with Crippen molar-refractivity contribution in [3.8, 4) is 0 Å². The van der Waals surface area contributed by atoms with E-state index in [2.05, 4.69) is 24.1 Å². The third-order valence-corrected chi connectivity index (χ3v) is 3.18. The molecular formula is C9H18N2. The van der Waals surface area contributed by atoms with E-state index in [1.807, 2.05) is 0 Å². The molecule has 0 aromatic carbocycles. The smallest absolute Gasteiger partial charge is 0.0461 e. The summed E-state index contributed by atoms with van der Waals surface area (Å²) in [6.45, 7) is 8.40. The standard InChI is InChI=1S/C9H18N2/c1-8(2)11-5-3-4-9(11)6-10-7-9/h8,10H,3-7H2,1-2H3. The van der Waals surface area contributed by atoms with Gasteiger partial charge in [0.15, 0.2) is 0 Å². The summed E-state index contributed by atoms with van der Waals surface area (Å²) in [7, 11) is 0. The fraction of sp³-hybridized carbons (Fsp3) is 1.00. The average Bonchev–Trinajstić information content (AvgIpc) is 2.27. The maximum absolute atomic E-state index is 3.39. The lowest BCUT2D eigenvalue weighted by molar-refractivity contribution is 0.0527. The van der Waals surface area contributed by atoms with Crippen LogP contribution in [0.25, 0.3) is 0 Å². The predicted octanol–water partition coefficient (Wildman–Crippen LogP) is 0.833. The summed E-state index contributed by atoms with van der Waals surface area (Å²) in [5.74, 6) is 0. The zero-order chi connectivity index (χ0) is 7.90. The summed E-state index contributed by atoms with van der Waals surface area (Å²) in [5, 5.41) is 3.39. The third-order valence-electron chi connectivity index (χ3n) is 3.18. The van der Waals surface area contributed by atoms with E-state index in [0.717, 1.165) is 6.04 Å². The molecule has 0 atom stereocenters. The van der Waals surface area contributed by atoms with Gasteiger partial charge >= 0.3 is 0 Å². The Bertz CT molecular complexity index is 150. The fourth-order valence-electron chi connectivity index (χ4n) is 2.56. The molecule has 2 fully saturated rings. The summed E-state index contributed by atoms with van der Waals surface area (Å²) in [4.78, 5) is 2.67. The molecule has 0 saturated carbocycles. The summed E-state index contributed by atoms with van der Waals surface area (Å²) in [6.07, 6.45) is 2.82. The Hall–Kier alpha value is -0.0800. The van der Waals surface area contributed by atoms with Crippen molar-refractivity contribution in [3.63, 3.8) is 0 Å². The molecule has 2 rings (SSSR count). The molecule has 2 heterocycles. The van der Waals surface area contributed by atoms with Gasteiger partial charge in [-0.2, -0.15) is 0 Å². The SMILES string of the molecule is CC(C)N1CCCC12CNC2. The molecule has 0 unspecified atom stereocenters. The van der Waals surface area contributed by atoms with Crippen LogP contribution in [0.5, 0.6) is 0 Å². The quantitative estimate of drug-likeness (QED) is 0.602. The monoisotopic (exact) mass is 154 g/mol. The Labute approximate surface area is 69.0 Å². The van der Waals surface area contributed by atoms with Gasteiger partial charge in [-0.3, -0.25) is 4.90 Å². The van der Waals surface area contributed by atoms with Crippen molar-refractivity contribution in [1.82, 2.24) is 10.2 Å². The lowest BCUT2D eigenvalue weighted by Crippen LogP contribution is -2.67. The van der Waals surface area contributed by atoms with Crippen LogP contribution in [-0.4, -0.2) is 36.1 Å². The lowest BCUT2D eigenvalue weighted by Gasteiger charge is -2.48. The summed E-state index contributed by atoms with van der Waals surface area (Å²) in [6, 6.07) is 0.736. The second-order valence-electron chi connectivity index (χ2n) is 4.22. The van der Waals surface area contributed by atoms with Gasteiger partial charge in [-0.15, -0.1) is 0 Å². The van der Waals surface area contributed by atoms with Crippen molar-refractivity contribution in [2.24, 2.45) is 0 Å². The van der Waals surface area contributed by atoms with Crippen LogP contribution in [0.3, 0.4) is 0 Å². The number of rotatable bonds is 1. The number of hydrogen-bond acceptors (Lipinski definition) is 2. The second kappa shape index (κ2) is 2.46. The molecule has 0 radical (unpaired) electrons. The number of nitrogens with one attached hydrogen (secondary N) is 1. The first-order chi connectivity index (χ1) is 5.25. The van der Waals surface area contributed by atoms with Crippen molar-refractivity contribution in [2.75, 3.05) is 19.6 Å². The van der Waals surface area contributed by atoms with Crippen molar-refractivity contribution in [3.05, 3.63) is 0 Å². The first kappa shape index (κ1) is 7.56. The lowest BCUT2D eigenvalue weighted by atomic mass is 9.89. The molecule has 2 aliphatic rings. The van der Waals surface area contributed by atoms with Gasteiger partial charge < -0.3 is 5.32 Å². The van der Waals surface area contributed by atoms with Gasteiger partial charge in [0.05, 0.1) is 0 Å². The predicted molar refractivity (Wildman–Crippen MR) is 46.7 cm³/mol. The molecule has 64 valence electrons. The highest BCUT2D eigenvalue weighted by Crippen LogP contribution is 2.33. The van der Waals surface area contributed by atoms with E-state index < -0.39 is 0 Å². The Morgan fingerprint density at radius 2 is 2.09 bits per heavy atom. The first-order valence-corrected chi connectivity index (χ1v) is 4.72. The van der Waals surface area contributed by atoms with Gasteiger partial charge in [0.2, 0.25) is 0 Å². The van der Waals surface area contributed by atoms with E-state index in [0.29, 0.717) is 5.54 Å². The number of likely N-dealkylation sites (tertiary alicyclic amines) is 1. The van der Waals surface area contributed by atoms with Gasteiger partial charge in [0, 0.05) is 24.7 Å². The molecule has 1 N–H and O–H groups in total. The van der Waals surface area contributed by atoms with Crippen LogP contribution in [0.2, 0.25) is 0 Å². The summed E-state index contributed by atoms with van der Waals surface area (Å²) >= 11 is 0. The van der Waals surface area contributed by atoms with Crippen molar-refractivity contribution in [1.29, 1.82) is 0 Å². The van der Waals surface area contributed by atoms with Gasteiger partial charge in [0.25, 0.3) is 0 Å². The van der Waals surface area contributed by atoms with E-state index in [9.17, 15) is 0 Å². The van der Waals surface area contributed by atoms with Crippen LogP contribution in [0.4, 0.5) is 0 Å². The molecule has 0 aromatic heterocycles. The molecule has 1 spiro atoms. The molecule has 2 saturated heterocycles. The molecule has 2 aliphatic heterocycles. The second-order valence-corrected chi connectivity index (χ2v) is 4.22. The Morgan fingerprint density at radius 3 is 2.45 bits per heavy atom. The third kappa shape index (κ3) is 1.00. The van der Waals surface area contributed by atoms with E-state index in [4.69, 9.17) is 0 Å². The molecule has 0 aromatic rings. The van der Waals surface area contributed by atoms with Gasteiger partial charge in [-0.25, -0.2) is 0 Å². The molecule has 2 heteroatoms. The largest absolute Gasteiger partial charge is 0.313 e. The van der Waals surface area contributed by atoms with Crippen molar-refractivity contribution >= 4 is 0 Å². The van der Waals surface area contributed by atoms with E-state index in [1.54, 1.807) is 0 Å². The summed E-state index contributed by atoms with van der Waals surface area (Å²) < 4.78 is 0. The van der Waals surface area contributed by atoms with Gasteiger partial charge in [0.1, 0.15) is 0 Å². The van der Waals surface area contributed by atoms with E-state index in [-0.39, 0.29) is 0 Å². The molecular weight excluding hydrogens is 136 g/mol. The van der Waals surface area contributed by atoms with Crippen LogP contribution >= 0.6 is 0 Å². The van der Waals surface area contributed by atoms with Crippen LogP contribution < -0.4 is 5.32 Å². The molecule has 0 aliphatic carbocycles. The fourth-order valence-corrected chi connectivity index (χ4v) is 2.56. The molecule has 2 nitrogen and oxygen atoms in total. The Balaban J connectivity index is 2.07. The minimum absolute atomic E-state index is 0.578. The Kier molecular flexibility index (Phi) is 1.69. The maximum Gasteiger partial charge on any atom is 0.0461 e. The average molecular weight is 154 g/mol. The van der Waals surface area contributed by atoms with E-state index >= 15 is 0 Å². The van der Waals surface area contributed by atoms with Gasteiger partial charge in [-0.05, 0) is 33.2 Å². The maximum atomic E-state index is 3.39. The topological polar surface area (TPSA) is 15.3 Å². The summed E-state index contributed by atoms with van der Waals surface area (Å²) in [5.41, 5.74) is 0.578. The van der Waals surface area contributed by atoms with Gasteiger partial charge in [-0.1, -0.05) is 0 Å². The van der Waals surface area contributed by atoms with Crippen LogP contribution in [0.15, 0.2) is 0 Å². The normalized spacial score (nSPS) is 29.7. The van der Waals surface area contributed by atoms with Crippen molar-refractivity contribution in [2.45, 2.75) is 38.3 Å². The number of hydrogen-bond donors (Lipinski definition) is 1. The minimum atomic E-state index is 0.578. The zero-order valence-corrected chi connectivity index (χ0v) is 7.56. The first-order valence-electron chi connectivity index (χ1n) is 4.72. The molecule has 0 amide bonds. The zero-order valence-electron chi connectivity index (χ0n) is 7.56. The highest BCUT2D eigenvalue weighted by Gasteiger charge is 2.46. The van der Waals surface area contributed by atoms with E-state index in [1.165, 1.54) is 32.5 Å². The highest BCUT2D eigenvalue weighted by molar-refractivity contribution is 5.06.